The van der Waals surface area contributed by atoms with Crippen LogP contribution in [0.5, 0.6) is 11.5 Å². The van der Waals surface area contributed by atoms with Crippen LogP contribution in [0.1, 0.15) is 48.2 Å². The first kappa shape index (κ1) is 34.4. The summed E-state index contributed by atoms with van der Waals surface area (Å²) < 4.78 is 17.6. The lowest BCUT2D eigenvalue weighted by Crippen LogP contribution is -2.36. The molecule has 0 saturated carbocycles. The number of halogens is 3. The van der Waals surface area contributed by atoms with Gasteiger partial charge >= 0.3 is 5.97 Å². The Morgan fingerprint density at radius 1 is 1.02 bits per heavy atom. The molecule has 45 heavy (non-hydrogen) atoms. The van der Waals surface area contributed by atoms with Crippen LogP contribution in [0.25, 0.3) is 6.08 Å². The fraction of sp³-hybridized carbons (Fsp3) is 0.250. The predicted octanol–water partition coefficient (Wildman–Crippen LogP) is 8.37. The van der Waals surface area contributed by atoms with E-state index in [-0.39, 0.29) is 34.4 Å². The van der Waals surface area contributed by atoms with E-state index in [4.69, 9.17) is 37.4 Å². The van der Waals surface area contributed by atoms with Crippen molar-refractivity contribution < 1.29 is 33.4 Å². The number of esters is 1. The van der Waals surface area contributed by atoms with E-state index >= 15 is 0 Å². The fourth-order valence-corrected chi connectivity index (χ4v) is 5.92. The molecule has 1 aliphatic heterocycles. The van der Waals surface area contributed by atoms with E-state index in [0.29, 0.717) is 39.6 Å². The van der Waals surface area contributed by atoms with Crippen molar-refractivity contribution in [3.63, 3.8) is 0 Å². The van der Waals surface area contributed by atoms with Gasteiger partial charge in [0.25, 0.3) is 11.1 Å². The number of thioether (sulfide) groups is 1. The SMILES string of the molecule is CCCCOC(=O)c1cc(NC(=O)CN2C(=O)S/C(=C/c3cc(Br)c(OCc4ccccc4Cl)c(OCC)c3)C2=O)ccc1Cl. The largest absolute Gasteiger partial charge is 0.490 e. The molecule has 3 aromatic rings. The summed E-state index contributed by atoms with van der Waals surface area (Å²) in [4.78, 5) is 52.1. The van der Waals surface area contributed by atoms with Gasteiger partial charge in [-0.2, -0.15) is 0 Å². The van der Waals surface area contributed by atoms with Crippen LogP contribution in [-0.4, -0.2) is 47.7 Å². The number of carbonyl (C=O) groups excluding carboxylic acids is 4. The quantitative estimate of drug-likeness (QED) is 0.106. The number of unbranched alkanes of at least 4 members (excludes halogenated alkanes) is 1. The monoisotopic (exact) mass is 734 g/mol. The number of benzene rings is 3. The number of nitrogens with one attached hydrogen (secondary N) is 1. The van der Waals surface area contributed by atoms with Crippen LogP contribution in [0.4, 0.5) is 10.5 Å². The number of amides is 3. The van der Waals surface area contributed by atoms with Crippen molar-refractivity contribution in [2.45, 2.75) is 33.3 Å². The van der Waals surface area contributed by atoms with Gasteiger partial charge in [0.1, 0.15) is 13.2 Å². The van der Waals surface area contributed by atoms with Crippen molar-refractivity contribution in [1.29, 1.82) is 0 Å². The molecular weight excluding hydrogens is 707 g/mol. The molecule has 1 saturated heterocycles. The minimum atomic E-state index is -0.632. The second kappa shape index (κ2) is 16.2. The van der Waals surface area contributed by atoms with E-state index < -0.39 is 29.6 Å². The summed E-state index contributed by atoms with van der Waals surface area (Å²) in [7, 11) is 0. The van der Waals surface area contributed by atoms with E-state index in [1.807, 2.05) is 32.0 Å². The third-order valence-electron chi connectivity index (χ3n) is 6.34. The number of hydrogen-bond donors (Lipinski definition) is 1. The van der Waals surface area contributed by atoms with Gasteiger partial charge in [0.15, 0.2) is 11.5 Å². The van der Waals surface area contributed by atoms with Crippen LogP contribution < -0.4 is 14.8 Å². The Hall–Kier alpha value is -3.51. The molecule has 236 valence electrons. The highest BCUT2D eigenvalue weighted by molar-refractivity contribution is 9.10. The first-order chi connectivity index (χ1) is 21.6. The lowest BCUT2D eigenvalue weighted by Gasteiger charge is -2.15. The standard InChI is InChI=1S/C32H29BrCl2N2O7S/c1-3-5-12-43-31(40)22-16-21(10-11-25(22)35)36-28(38)17-37-30(39)27(45-32(37)41)15-19-13-23(33)29(26(14-19)42-4-2)44-18-20-8-6-7-9-24(20)34/h6-11,13-16H,3-5,12,17-18H2,1-2H3,(H,36,38)/b27-15+. The number of ether oxygens (including phenoxy) is 3. The Bertz CT molecular complexity index is 1650. The third kappa shape index (κ3) is 9.03. The topological polar surface area (TPSA) is 111 Å². The molecule has 13 heteroatoms. The van der Waals surface area contributed by atoms with Crippen molar-refractivity contribution in [3.05, 3.63) is 90.7 Å². The molecule has 9 nitrogen and oxygen atoms in total. The molecule has 0 radical (unpaired) electrons. The van der Waals surface area contributed by atoms with Crippen LogP contribution in [0, 0.1) is 0 Å². The average Bonchev–Trinajstić information content (AvgIpc) is 3.25. The van der Waals surface area contributed by atoms with Gasteiger partial charge in [-0.15, -0.1) is 0 Å². The fourth-order valence-electron chi connectivity index (χ4n) is 4.12. The van der Waals surface area contributed by atoms with Gasteiger partial charge in [-0.05, 0) is 89.1 Å². The molecule has 0 aliphatic carbocycles. The van der Waals surface area contributed by atoms with Crippen LogP contribution in [-0.2, 0) is 20.9 Å². The van der Waals surface area contributed by atoms with Gasteiger partial charge in [0.2, 0.25) is 5.91 Å². The smallest absolute Gasteiger partial charge is 0.339 e. The molecule has 0 unspecified atom stereocenters. The number of imide groups is 1. The molecule has 0 aromatic heterocycles. The molecule has 1 aliphatic rings. The van der Waals surface area contributed by atoms with Gasteiger partial charge < -0.3 is 19.5 Å². The zero-order valence-corrected chi connectivity index (χ0v) is 28.3. The summed E-state index contributed by atoms with van der Waals surface area (Å²) in [6, 6.07) is 15.1. The van der Waals surface area contributed by atoms with Crippen molar-refractivity contribution in [2.24, 2.45) is 0 Å². The van der Waals surface area contributed by atoms with Crippen LogP contribution in [0.15, 0.2) is 64.0 Å². The van der Waals surface area contributed by atoms with E-state index in [9.17, 15) is 19.2 Å². The first-order valence-corrected chi connectivity index (χ1v) is 16.3. The number of rotatable bonds is 13. The molecule has 1 heterocycles. The number of nitrogens with zero attached hydrogens (tertiary/aromatic N) is 1. The first-order valence-electron chi connectivity index (χ1n) is 14.0. The van der Waals surface area contributed by atoms with Gasteiger partial charge in [0.05, 0.1) is 33.2 Å². The lowest BCUT2D eigenvalue weighted by molar-refractivity contribution is -0.127. The van der Waals surface area contributed by atoms with E-state index in [1.54, 1.807) is 24.3 Å². The molecule has 0 atom stereocenters. The van der Waals surface area contributed by atoms with Crippen molar-refractivity contribution in [1.82, 2.24) is 4.90 Å². The third-order valence-corrected chi connectivity index (χ3v) is 8.53. The van der Waals surface area contributed by atoms with Gasteiger partial charge in [0, 0.05) is 16.3 Å². The van der Waals surface area contributed by atoms with Crippen molar-refractivity contribution >= 4 is 85.7 Å². The number of hydrogen-bond acceptors (Lipinski definition) is 8. The second-order valence-electron chi connectivity index (χ2n) is 9.64. The Balaban J connectivity index is 1.45. The lowest BCUT2D eigenvalue weighted by atomic mass is 10.1. The summed E-state index contributed by atoms with van der Waals surface area (Å²) >= 11 is 16.6. The number of carbonyl (C=O) groups is 4. The normalized spacial score (nSPS) is 13.7. The Kier molecular flexibility index (Phi) is 12.3. The van der Waals surface area contributed by atoms with Crippen LogP contribution in [0.2, 0.25) is 10.0 Å². The average molecular weight is 736 g/mol. The van der Waals surface area contributed by atoms with Crippen LogP contribution >= 0.6 is 50.9 Å². The molecule has 4 rings (SSSR count). The summed E-state index contributed by atoms with van der Waals surface area (Å²) in [5, 5.41) is 2.75. The highest BCUT2D eigenvalue weighted by Gasteiger charge is 2.36. The summed E-state index contributed by atoms with van der Waals surface area (Å²) in [6.07, 6.45) is 3.11. The van der Waals surface area contributed by atoms with Crippen molar-refractivity contribution in [3.8, 4) is 11.5 Å². The number of anilines is 1. The zero-order chi connectivity index (χ0) is 32.5. The van der Waals surface area contributed by atoms with E-state index in [0.717, 1.165) is 28.6 Å². The molecule has 3 aromatic carbocycles. The molecule has 3 amide bonds. The Morgan fingerprint density at radius 3 is 2.53 bits per heavy atom. The van der Waals surface area contributed by atoms with E-state index in [2.05, 4.69) is 21.2 Å². The maximum atomic E-state index is 13.2. The molecule has 0 spiro atoms. The maximum Gasteiger partial charge on any atom is 0.339 e. The van der Waals surface area contributed by atoms with Gasteiger partial charge in [-0.25, -0.2) is 4.79 Å². The minimum Gasteiger partial charge on any atom is -0.490 e. The Labute approximate surface area is 283 Å². The predicted molar refractivity (Wildman–Crippen MR) is 179 cm³/mol. The molecule has 1 fully saturated rings. The second-order valence-corrected chi connectivity index (χ2v) is 12.3. The summed E-state index contributed by atoms with van der Waals surface area (Å²) in [5.74, 6) is -0.976. The van der Waals surface area contributed by atoms with Crippen molar-refractivity contribution in [2.75, 3.05) is 25.1 Å². The maximum absolute atomic E-state index is 13.2. The molecule has 0 bridgehead atoms. The Morgan fingerprint density at radius 2 is 1.80 bits per heavy atom. The summed E-state index contributed by atoms with van der Waals surface area (Å²) in [6.45, 7) is 4.10. The van der Waals surface area contributed by atoms with Crippen LogP contribution in [0.3, 0.4) is 0 Å². The zero-order valence-electron chi connectivity index (χ0n) is 24.4. The summed E-state index contributed by atoms with van der Waals surface area (Å²) in [5.41, 5.74) is 1.73. The van der Waals surface area contributed by atoms with Gasteiger partial charge in [-0.3, -0.25) is 19.3 Å². The molecular formula is C32H29BrCl2N2O7S. The highest BCUT2D eigenvalue weighted by Crippen LogP contribution is 2.40. The van der Waals surface area contributed by atoms with Gasteiger partial charge in [-0.1, -0.05) is 54.7 Å². The highest BCUT2D eigenvalue weighted by atomic mass is 79.9. The minimum absolute atomic E-state index is 0.0949. The van der Waals surface area contributed by atoms with E-state index in [1.165, 1.54) is 18.2 Å². The molecule has 1 N–H and O–H groups in total.